The summed E-state index contributed by atoms with van der Waals surface area (Å²) in [5, 5.41) is 17.2. The Morgan fingerprint density at radius 1 is 1.10 bits per heavy atom. The Morgan fingerprint density at radius 2 is 1.83 bits per heavy atom. The minimum atomic E-state index is -4.50. The van der Waals surface area contributed by atoms with Gasteiger partial charge in [0.1, 0.15) is 0 Å². The van der Waals surface area contributed by atoms with Crippen molar-refractivity contribution < 1.29 is 22.7 Å². The number of nitriles is 1. The first-order valence-electron chi connectivity index (χ1n) is 13.7. The highest BCUT2D eigenvalue weighted by molar-refractivity contribution is 6.05. The molecule has 9 nitrogen and oxygen atoms in total. The number of hydrogen-bond donors (Lipinski definition) is 1. The molecule has 0 radical (unpaired) electrons. The van der Waals surface area contributed by atoms with Crippen molar-refractivity contribution in [3.8, 4) is 11.9 Å². The topological polar surface area (TPSA) is 109 Å². The molecule has 1 aliphatic carbocycles. The summed E-state index contributed by atoms with van der Waals surface area (Å²) in [7, 11) is 0. The van der Waals surface area contributed by atoms with Gasteiger partial charge in [0.2, 0.25) is 0 Å². The van der Waals surface area contributed by atoms with Gasteiger partial charge in [-0.2, -0.15) is 23.5 Å². The second-order valence-electron chi connectivity index (χ2n) is 10.9. The predicted octanol–water partition coefficient (Wildman–Crippen LogP) is 5.09. The number of nitrogens with one attached hydrogen (secondary N) is 1. The van der Waals surface area contributed by atoms with Crippen molar-refractivity contribution in [3.63, 3.8) is 0 Å². The number of rotatable bonds is 6. The number of morpholine rings is 1. The summed E-state index contributed by atoms with van der Waals surface area (Å²) in [6.45, 7) is 7.07. The van der Waals surface area contributed by atoms with E-state index in [-0.39, 0.29) is 17.3 Å². The van der Waals surface area contributed by atoms with Crippen LogP contribution in [0.15, 0.2) is 42.9 Å². The second kappa shape index (κ2) is 11.6. The maximum absolute atomic E-state index is 13.2. The molecule has 0 unspecified atom stereocenters. The van der Waals surface area contributed by atoms with Gasteiger partial charge in [-0.25, -0.2) is 9.67 Å². The van der Waals surface area contributed by atoms with Gasteiger partial charge in [-0.1, -0.05) is 13.8 Å². The lowest BCUT2D eigenvalue weighted by molar-refractivity contribution is -0.137. The number of halogens is 3. The molecule has 2 fully saturated rings. The number of hydrogen-bond acceptors (Lipinski definition) is 7. The van der Waals surface area contributed by atoms with Gasteiger partial charge in [0.25, 0.3) is 5.91 Å². The van der Waals surface area contributed by atoms with Gasteiger partial charge >= 0.3 is 6.18 Å². The molecular formula is C29H32F3N7O2. The fourth-order valence-electron chi connectivity index (χ4n) is 5.73. The van der Waals surface area contributed by atoms with Gasteiger partial charge in [0.15, 0.2) is 5.82 Å². The zero-order chi connectivity index (χ0) is 29.2. The molecule has 4 heterocycles. The van der Waals surface area contributed by atoms with Gasteiger partial charge in [0, 0.05) is 25.3 Å². The van der Waals surface area contributed by atoms with Crippen LogP contribution in [0.25, 0.3) is 5.82 Å². The minimum Gasteiger partial charge on any atom is -0.379 e. The molecule has 1 aliphatic heterocycles. The SMILES string of the molecule is CC(C)c1c(C(=O)Nc2ccc(C3(C#N)CCC(N4CCOCC4)CC3)nc2)cnn1-c1ccc(C(F)(F)F)cn1. The smallest absolute Gasteiger partial charge is 0.379 e. The van der Waals surface area contributed by atoms with Crippen molar-refractivity contribution in [1.29, 1.82) is 5.26 Å². The lowest BCUT2D eigenvalue weighted by Gasteiger charge is -2.41. The van der Waals surface area contributed by atoms with Crippen LogP contribution in [0.3, 0.4) is 0 Å². The molecule has 3 aromatic heterocycles. The molecular weight excluding hydrogens is 535 g/mol. The second-order valence-corrected chi connectivity index (χ2v) is 10.9. The van der Waals surface area contributed by atoms with Crippen molar-refractivity contribution in [2.45, 2.75) is 63.1 Å². The minimum absolute atomic E-state index is 0.175. The van der Waals surface area contributed by atoms with Crippen molar-refractivity contribution in [1.82, 2.24) is 24.6 Å². The number of nitrogens with zero attached hydrogens (tertiary/aromatic N) is 6. The van der Waals surface area contributed by atoms with Crippen LogP contribution in [0.1, 0.15) is 72.8 Å². The summed E-state index contributed by atoms with van der Waals surface area (Å²) < 4.78 is 45.7. The Kier molecular flexibility index (Phi) is 8.11. The number of ether oxygens (including phenoxy) is 1. The van der Waals surface area contributed by atoms with Crippen LogP contribution < -0.4 is 5.32 Å². The van der Waals surface area contributed by atoms with E-state index in [9.17, 15) is 23.2 Å². The number of carbonyl (C=O) groups is 1. The Morgan fingerprint density at radius 3 is 2.39 bits per heavy atom. The Balaban J connectivity index is 1.29. The number of aromatic nitrogens is 4. The highest BCUT2D eigenvalue weighted by atomic mass is 19.4. The molecule has 216 valence electrons. The number of pyridine rings is 2. The molecule has 41 heavy (non-hydrogen) atoms. The van der Waals surface area contributed by atoms with Crippen LogP contribution >= 0.6 is 0 Å². The van der Waals surface area contributed by atoms with Crippen LogP contribution in [0.2, 0.25) is 0 Å². The number of alkyl halides is 3. The van der Waals surface area contributed by atoms with Crippen LogP contribution in [-0.2, 0) is 16.3 Å². The average molecular weight is 568 g/mol. The quantitative estimate of drug-likeness (QED) is 0.442. The van der Waals surface area contributed by atoms with E-state index in [2.05, 4.69) is 31.4 Å². The molecule has 1 N–H and O–H groups in total. The molecule has 2 aliphatic rings. The largest absolute Gasteiger partial charge is 0.417 e. The summed E-state index contributed by atoms with van der Waals surface area (Å²) in [6, 6.07) is 8.67. The van der Waals surface area contributed by atoms with Gasteiger partial charge in [0.05, 0.1) is 65.3 Å². The first kappa shape index (κ1) is 28.7. The van der Waals surface area contributed by atoms with Crippen molar-refractivity contribution in [2.75, 3.05) is 31.6 Å². The summed E-state index contributed by atoms with van der Waals surface area (Å²) in [6.07, 6.45) is 2.46. The van der Waals surface area contributed by atoms with Crippen LogP contribution in [0, 0.1) is 11.3 Å². The molecule has 1 amide bonds. The molecule has 0 bridgehead atoms. The van der Waals surface area contributed by atoms with Crippen molar-refractivity contribution >= 4 is 11.6 Å². The van der Waals surface area contributed by atoms with E-state index in [4.69, 9.17) is 4.74 Å². The first-order chi connectivity index (χ1) is 19.6. The normalized spacial score (nSPS) is 21.9. The number of anilines is 1. The van der Waals surface area contributed by atoms with E-state index < -0.39 is 23.1 Å². The highest BCUT2D eigenvalue weighted by Gasteiger charge is 2.40. The Labute approximate surface area is 236 Å². The predicted molar refractivity (Wildman–Crippen MR) is 145 cm³/mol. The lowest BCUT2D eigenvalue weighted by atomic mass is 9.71. The van der Waals surface area contributed by atoms with Crippen LogP contribution in [-0.4, -0.2) is 62.9 Å². The standard InChI is InChI=1S/C29H32F3N7O2/c1-19(2)26-23(17-36-39(26)25-6-3-20(15-35-25)29(30,31)32)27(40)37-21-4-5-24(34-16-21)28(18-33)9-7-22(8-10-28)38-11-13-41-14-12-38/h3-6,15-17,19,22H,7-14H2,1-2H3,(H,37,40). The fraction of sp³-hybridized carbons (Fsp3) is 0.483. The third-order valence-corrected chi connectivity index (χ3v) is 7.99. The van der Waals surface area contributed by atoms with E-state index in [1.807, 2.05) is 13.8 Å². The van der Waals surface area contributed by atoms with Gasteiger partial charge in [-0.3, -0.25) is 14.7 Å². The van der Waals surface area contributed by atoms with Gasteiger partial charge in [-0.15, -0.1) is 0 Å². The Hall–Kier alpha value is -3.82. The summed E-state index contributed by atoms with van der Waals surface area (Å²) in [5.41, 5.74) is 0.426. The van der Waals surface area contributed by atoms with Gasteiger partial charge < -0.3 is 10.1 Å². The zero-order valence-corrected chi connectivity index (χ0v) is 23.0. The van der Waals surface area contributed by atoms with E-state index in [0.717, 1.165) is 64.2 Å². The maximum Gasteiger partial charge on any atom is 0.417 e. The molecule has 1 saturated carbocycles. The molecule has 0 spiro atoms. The lowest BCUT2D eigenvalue weighted by Crippen LogP contribution is -2.47. The molecule has 12 heteroatoms. The van der Waals surface area contributed by atoms with E-state index >= 15 is 0 Å². The molecule has 3 aromatic rings. The number of amides is 1. The van der Waals surface area contributed by atoms with E-state index in [0.29, 0.717) is 23.1 Å². The van der Waals surface area contributed by atoms with Gasteiger partial charge in [-0.05, 0) is 55.9 Å². The first-order valence-corrected chi connectivity index (χ1v) is 13.7. The van der Waals surface area contributed by atoms with E-state index in [1.54, 1.807) is 18.3 Å². The van der Waals surface area contributed by atoms with Crippen LogP contribution in [0.4, 0.5) is 18.9 Å². The summed E-state index contributed by atoms with van der Waals surface area (Å²) in [5.74, 6) is -0.426. The molecule has 1 saturated heterocycles. The monoisotopic (exact) mass is 567 g/mol. The fourth-order valence-corrected chi connectivity index (χ4v) is 5.73. The van der Waals surface area contributed by atoms with E-state index in [1.165, 1.54) is 16.9 Å². The zero-order valence-electron chi connectivity index (χ0n) is 23.0. The average Bonchev–Trinajstić information content (AvgIpc) is 3.44. The highest BCUT2D eigenvalue weighted by Crippen LogP contribution is 2.40. The Bertz CT molecular complexity index is 1400. The molecule has 0 aromatic carbocycles. The third kappa shape index (κ3) is 5.96. The maximum atomic E-state index is 13.2. The molecule has 0 atom stereocenters. The van der Waals surface area contributed by atoms with Crippen molar-refractivity contribution in [3.05, 3.63) is 65.4 Å². The third-order valence-electron chi connectivity index (χ3n) is 7.99. The van der Waals surface area contributed by atoms with Crippen molar-refractivity contribution in [2.24, 2.45) is 0 Å². The number of carbonyl (C=O) groups excluding carboxylic acids is 1. The summed E-state index contributed by atoms with van der Waals surface area (Å²) >= 11 is 0. The summed E-state index contributed by atoms with van der Waals surface area (Å²) in [4.78, 5) is 24.2. The molecule has 5 rings (SSSR count). The van der Waals surface area contributed by atoms with Crippen LogP contribution in [0.5, 0.6) is 0 Å².